The molecule has 4 N–H and O–H groups in total. The molecule has 0 unspecified atom stereocenters. The minimum absolute atomic E-state index is 0. The molecule has 2 aromatic carbocycles. The predicted molar refractivity (Wildman–Crippen MR) is 151 cm³/mol. The molecule has 0 saturated heterocycles. The van der Waals surface area contributed by atoms with Crippen molar-refractivity contribution in [2.75, 3.05) is 13.2 Å². The van der Waals surface area contributed by atoms with Crippen LogP contribution < -0.4 is 15.8 Å². The SMILES string of the molecule is C.NCCCC[C@H](NC(=O)CCCCCOc1cc(-c2ccccc2)cc(-c2ccccc2)n1)C(=O)O.[3H]F. The number of carboxylic acid groups (broad SMARTS) is 1. The lowest BCUT2D eigenvalue weighted by Crippen LogP contribution is -2.40. The lowest BCUT2D eigenvalue weighted by molar-refractivity contribution is -0.142. The van der Waals surface area contributed by atoms with Crippen molar-refractivity contribution in [3.8, 4) is 28.3 Å². The Kier molecular flexibility index (Phi) is 14.1. The van der Waals surface area contributed by atoms with Crippen molar-refractivity contribution in [1.29, 1.82) is 1.45 Å². The summed E-state index contributed by atoms with van der Waals surface area (Å²) < 4.78 is 19.0. The van der Waals surface area contributed by atoms with Crippen LogP contribution >= 0.6 is 0 Å². The average Bonchev–Trinajstić information content (AvgIpc) is 2.96. The fraction of sp³-hybridized carbons (Fsp3) is 0.367. The number of aromatic nitrogens is 1. The molecule has 1 atom stereocenters. The van der Waals surface area contributed by atoms with Gasteiger partial charge >= 0.3 is 5.97 Å². The summed E-state index contributed by atoms with van der Waals surface area (Å²) in [4.78, 5) is 28.2. The van der Waals surface area contributed by atoms with Gasteiger partial charge in [0.05, 0.1) is 12.3 Å². The summed E-state index contributed by atoms with van der Waals surface area (Å²) in [5, 5.41) is 11.9. The first-order valence-corrected chi connectivity index (χ1v) is 12.5. The number of carboxylic acids is 1. The Morgan fingerprint density at radius 2 is 1.58 bits per heavy atom. The standard InChI is InChI=1S/C29H35N3O4.CH4.FH/c30-18-10-9-16-25(29(34)35)31-27(33)17-8-3-11-19-36-28-21-24(22-12-4-1-5-13-22)20-26(32-28)23-14-6-2-7-15-23;;/h1-2,4-7,12-15,20-21,25H,3,8-11,16-19,30H2,(H,31,33)(H,34,35);1H4;1H/t25-;;/m0../s1/i/hT. The van der Waals surface area contributed by atoms with Crippen LogP contribution in [0, 0.1) is 0 Å². The highest BCUT2D eigenvalue weighted by Crippen LogP contribution is 2.28. The van der Waals surface area contributed by atoms with Crippen LogP contribution in [0.25, 0.3) is 22.4 Å². The van der Waals surface area contributed by atoms with Gasteiger partial charge in [-0.25, -0.2) is 9.78 Å². The number of carbonyl (C=O) groups excluding carboxylic acids is 1. The van der Waals surface area contributed by atoms with E-state index < -0.39 is 12.0 Å². The molecule has 1 aromatic heterocycles. The maximum Gasteiger partial charge on any atom is 0.326 e. The minimum atomic E-state index is -1.01. The van der Waals surface area contributed by atoms with Gasteiger partial charge in [0, 0.05) is 18.1 Å². The van der Waals surface area contributed by atoms with E-state index in [1.54, 1.807) is 0 Å². The van der Waals surface area contributed by atoms with E-state index in [1.165, 1.54) is 0 Å². The van der Waals surface area contributed by atoms with Gasteiger partial charge in [-0.2, -0.15) is 0 Å². The molecule has 0 bridgehead atoms. The maximum absolute atomic E-state index is 12.1. The van der Waals surface area contributed by atoms with Gasteiger partial charge in [0.1, 0.15) is 6.04 Å². The van der Waals surface area contributed by atoms with Crippen molar-refractivity contribution in [1.82, 2.24) is 10.3 Å². The number of benzene rings is 2. The molecule has 206 valence electrons. The Labute approximate surface area is 226 Å². The number of rotatable bonds is 15. The van der Waals surface area contributed by atoms with Crippen molar-refractivity contribution in [2.24, 2.45) is 5.73 Å². The summed E-state index contributed by atoms with van der Waals surface area (Å²) in [6.45, 7) is 1.000. The highest BCUT2D eigenvalue weighted by atomic mass is 19.0. The van der Waals surface area contributed by atoms with Crippen molar-refractivity contribution in [3.63, 3.8) is 0 Å². The van der Waals surface area contributed by atoms with E-state index in [0.29, 0.717) is 44.7 Å². The fourth-order valence-electron chi connectivity index (χ4n) is 3.89. The molecule has 3 aromatic rings. The van der Waals surface area contributed by atoms with Crippen LogP contribution in [-0.2, 0) is 9.59 Å². The van der Waals surface area contributed by atoms with E-state index in [2.05, 4.69) is 25.0 Å². The number of hydrogen-bond acceptors (Lipinski definition) is 5. The second-order valence-electron chi connectivity index (χ2n) is 8.71. The number of nitrogens with zero attached hydrogens (tertiary/aromatic N) is 1. The number of pyridine rings is 1. The molecule has 0 saturated carbocycles. The van der Waals surface area contributed by atoms with Crippen LogP contribution in [-0.4, -0.2) is 42.6 Å². The lowest BCUT2D eigenvalue weighted by Gasteiger charge is -2.14. The predicted octanol–water partition coefficient (Wildman–Crippen LogP) is 5.84. The van der Waals surface area contributed by atoms with Gasteiger partial charge in [-0.3, -0.25) is 9.51 Å². The van der Waals surface area contributed by atoms with Crippen molar-refractivity contribution < 1.29 is 24.1 Å². The Morgan fingerprint density at radius 1 is 0.921 bits per heavy atom. The van der Waals surface area contributed by atoms with Crippen LogP contribution in [0.2, 0.25) is 0 Å². The first kappa shape index (κ1) is 30.4. The van der Waals surface area contributed by atoms with Gasteiger partial charge in [0.15, 0.2) is 0 Å². The van der Waals surface area contributed by atoms with Gasteiger partial charge in [0.2, 0.25) is 11.8 Å². The smallest absolute Gasteiger partial charge is 0.326 e. The molecule has 0 fully saturated rings. The molecule has 38 heavy (non-hydrogen) atoms. The summed E-state index contributed by atoms with van der Waals surface area (Å²) in [6, 6.07) is 23.3. The van der Waals surface area contributed by atoms with Crippen LogP contribution in [0.15, 0.2) is 72.8 Å². The van der Waals surface area contributed by atoms with E-state index in [0.717, 1.165) is 41.6 Å². The monoisotopic (exact) mass is 527 g/mol. The quantitative estimate of drug-likeness (QED) is 0.214. The van der Waals surface area contributed by atoms with Crippen LogP contribution in [0.1, 0.15) is 52.4 Å². The van der Waals surface area contributed by atoms with Crippen LogP contribution in [0.5, 0.6) is 5.88 Å². The van der Waals surface area contributed by atoms with E-state index in [4.69, 9.17) is 20.2 Å². The molecule has 8 heteroatoms. The number of ether oxygens (including phenoxy) is 1. The molecular weight excluding hydrogens is 485 g/mol. The zero-order valence-corrected chi connectivity index (χ0v) is 20.9. The normalized spacial score (nSPS) is 11.2. The molecule has 0 aliphatic carbocycles. The third-order valence-electron chi connectivity index (χ3n) is 5.86. The molecule has 7 nitrogen and oxygen atoms in total. The summed E-state index contributed by atoms with van der Waals surface area (Å²) in [5.41, 5.74) is 9.46. The van der Waals surface area contributed by atoms with Crippen LogP contribution in [0.3, 0.4) is 0 Å². The van der Waals surface area contributed by atoms with E-state index >= 15 is 0 Å². The van der Waals surface area contributed by atoms with E-state index in [9.17, 15) is 14.7 Å². The Morgan fingerprint density at radius 3 is 2.21 bits per heavy atom. The molecule has 0 spiro atoms. The number of unbranched alkanes of at least 4 members (excludes halogenated alkanes) is 3. The first-order valence-electron chi connectivity index (χ1n) is 12.9. The first-order chi connectivity index (χ1) is 18.6. The largest absolute Gasteiger partial charge is 0.480 e. The number of halogens is 1. The molecular formula is C30H40FN3O4. The number of aliphatic carboxylic acids is 1. The molecule has 1 amide bonds. The Hall–Kier alpha value is -3.78. The third kappa shape index (κ3) is 10.7. The zero-order valence-electron chi connectivity index (χ0n) is 21.9. The second kappa shape index (κ2) is 17.6. The van der Waals surface area contributed by atoms with Gasteiger partial charge in [0.25, 0.3) is 1.45 Å². The summed E-state index contributed by atoms with van der Waals surface area (Å²) in [6.07, 6.45) is 4.34. The molecule has 0 aliphatic rings. The number of hydrogen-bond donors (Lipinski definition) is 3. The fourth-order valence-corrected chi connectivity index (χ4v) is 3.89. The van der Waals surface area contributed by atoms with Crippen molar-refractivity contribution >= 4 is 11.9 Å². The average molecular weight is 528 g/mol. The highest BCUT2D eigenvalue weighted by Gasteiger charge is 2.18. The van der Waals surface area contributed by atoms with E-state index in [-0.39, 0.29) is 13.3 Å². The van der Waals surface area contributed by atoms with Gasteiger partial charge in [-0.1, -0.05) is 68.1 Å². The second-order valence-corrected chi connectivity index (χ2v) is 8.71. The van der Waals surface area contributed by atoms with Crippen molar-refractivity contribution in [2.45, 2.75) is 58.4 Å². The van der Waals surface area contributed by atoms with Gasteiger partial charge in [-0.15, -0.1) is 0 Å². The topological polar surface area (TPSA) is 115 Å². The number of nitrogens with two attached hydrogens (primary N) is 1. The summed E-state index contributed by atoms with van der Waals surface area (Å²) >= 11 is 0. The Bertz CT molecular complexity index is 1050. The number of nitrogens with one attached hydrogen (secondary N) is 1. The summed E-state index contributed by atoms with van der Waals surface area (Å²) in [5.74, 6) is -0.676. The van der Waals surface area contributed by atoms with Crippen molar-refractivity contribution in [3.05, 3.63) is 72.8 Å². The maximum atomic E-state index is 12.1. The molecule has 3 rings (SSSR count). The molecule has 0 aliphatic heterocycles. The van der Waals surface area contributed by atoms with Crippen LogP contribution in [0.4, 0.5) is 4.72 Å². The molecule has 0 radical (unpaired) electrons. The van der Waals surface area contributed by atoms with Gasteiger partial charge in [-0.05, 0) is 62.3 Å². The number of amides is 1. The highest BCUT2D eigenvalue weighted by molar-refractivity contribution is 5.83. The zero-order chi connectivity index (χ0) is 27.6. The molecule has 1 heterocycles. The lowest BCUT2D eigenvalue weighted by atomic mass is 10.0. The third-order valence-corrected chi connectivity index (χ3v) is 5.86. The van der Waals surface area contributed by atoms with E-state index in [1.807, 2.05) is 54.6 Å². The minimum Gasteiger partial charge on any atom is -0.480 e. The van der Waals surface area contributed by atoms with Gasteiger partial charge < -0.3 is 20.9 Å². The Balaban J connectivity index is 0.00000248. The number of carbonyl (C=O) groups is 2. The summed E-state index contributed by atoms with van der Waals surface area (Å²) in [7, 11) is 0.